The summed E-state index contributed by atoms with van der Waals surface area (Å²) in [7, 11) is 0. The second-order valence-electron chi connectivity index (χ2n) is 9.78. The van der Waals surface area contributed by atoms with E-state index in [0.29, 0.717) is 5.75 Å². The smallest absolute Gasteiger partial charge is 0.123 e. The van der Waals surface area contributed by atoms with Gasteiger partial charge in [-0.1, -0.05) is 109 Å². The Morgan fingerprint density at radius 1 is 0.857 bits per heavy atom. The fraction of sp³-hybridized carbons (Fsp3) is 0.538. The van der Waals surface area contributed by atoms with Crippen LogP contribution in [0.5, 0.6) is 5.75 Å². The molecule has 0 bridgehead atoms. The summed E-state index contributed by atoms with van der Waals surface area (Å²) in [6.45, 7) is 17.0. The van der Waals surface area contributed by atoms with Crippen molar-refractivity contribution in [3.8, 4) is 5.75 Å². The number of hydrogen-bond acceptors (Lipinski definition) is 2. The van der Waals surface area contributed by atoms with Gasteiger partial charge < -0.3 is 10.2 Å². The number of phenols is 1. The van der Waals surface area contributed by atoms with Gasteiger partial charge in [0, 0.05) is 0 Å². The van der Waals surface area contributed by atoms with E-state index in [1.807, 2.05) is 30.3 Å². The summed E-state index contributed by atoms with van der Waals surface area (Å²) in [5.41, 5.74) is 4.29. The van der Waals surface area contributed by atoms with Crippen molar-refractivity contribution in [2.45, 2.75) is 91.6 Å². The van der Waals surface area contributed by atoms with Crippen molar-refractivity contribution in [1.29, 1.82) is 0 Å². The molecule has 28 heavy (non-hydrogen) atoms. The van der Waals surface area contributed by atoms with Gasteiger partial charge in [-0.3, -0.25) is 0 Å². The molecule has 2 nitrogen and oxygen atoms in total. The Labute approximate surface area is 172 Å². The number of aliphatic hydroxyl groups is 1. The molecule has 2 aromatic rings. The normalized spacial score (nSPS) is 12.9. The van der Waals surface area contributed by atoms with Gasteiger partial charge in [0.05, 0.1) is 6.10 Å². The third-order valence-corrected chi connectivity index (χ3v) is 4.89. The van der Waals surface area contributed by atoms with Crippen molar-refractivity contribution in [2.24, 2.45) is 0 Å². The lowest BCUT2D eigenvalue weighted by atomic mass is 9.78. The van der Waals surface area contributed by atoms with Crippen LogP contribution >= 0.6 is 0 Å². The Balaban J connectivity index is 0.000000292. The van der Waals surface area contributed by atoms with Crippen LogP contribution < -0.4 is 0 Å². The van der Waals surface area contributed by atoms with E-state index in [4.69, 9.17) is 0 Å². The summed E-state index contributed by atoms with van der Waals surface area (Å²) in [6.07, 6.45) is 2.84. The fourth-order valence-electron chi connectivity index (χ4n) is 3.16. The molecule has 2 rings (SSSR count). The number of aromatic hydroxyl groups is 1. The zero-order valence-corrected chi connectivity index (χ0v) is 19.1. The summed E-state index contributed by atoms with van der Waals surface area (Å²) in [5, 5.41) is 20.0. The molecule has 2 aromatic carbocycles. The van der Waals surface area contributed by atoms with E-state index in [1.54, 1.807) is 0 Å². The van der Waals surface area contributed by atoms with E-state index < -0.39 is 0 Å². The molecule has 2 N–H and O–H groups in total. The fourth-order valence-corrected chi connectivity index (χ4v) is 3.16. The number of benzene rings is 2. The van der Waals surface area contributed by atoms with Crippen molar-refractivity contribution in [1.82, 2.24) is 0 Å². The molecule has 0 saturated heterocycles. The first kappa shape index (κ1) is 24.2. The van der Waals surface area contributed by atoms with Crippen LogP contribution in [0.1, 0.15) is 96.1 Å². The van der Waals surface area contributed by atoms with E-state index in [-0.39, 0.29) is 16.9 Å². The maximum atomic E-state index is 10.4. The maximum Gasteiger partial charge on any atom is 0.123 e. The van der Waals surface area contributed by atoms with Gasteiger partial charge >= 0.3 is 0 Å². The van der Waals surface area contributed by atoms with Crippen LogP contribution in [0.3, 0.4) is 0 Å². The topological polar surface area (TPSA) is 40.5 Å². The molecule has 0 saturated carbocycles. The number of hydrogen-bond donors (Lipinski definition) is 2. The van der Waals surface area contributed by atoms with Crippen molar-refractivity contribution < 1.29 is 10.2 Å². The Morgan fingerprint density at radius 2 is 1.32 bits per heavy atom. The largest absolute Gasteiger partial charge is 0.507 e. The predicted molar refractivity (Wildman–Crippen MR) is 121 cm³/mol. The van der Waals surface area contributed by atoms with Gasteiger partial charge in [0.15, 0.2) is 0 Å². The highest BCUT2D eigenvalue weighted by atomic mass is 16.3. The monoisotopic (exact) mass is 384 g/mol. The lowest BCUT2D eigenvalue weighted by molar-refractivity contribution is 0.164. The predicted octanol–water partition coefficient (Wildman–Crippen LogP) is 7.21. The summed E-state index contributed by atoms with van der Waals surface area (Å²) in [4.78, 5) is 0. The maximum absolute atomic E-state index is 10.4. The first-order chi connectivity index (χ1) is 12.9. The zero-order valence-electron chi connectivity index (χ0n) is 19.1. The van der Waals surface area contributed by atoms with Crippen LogP contribution in [0, 0.1) is 6.92 Å². The Morgan fingerprint density at radius 3 is 1.71 bits per heavy atom. The SMILES string of the molecule is CCCCC(O)c1ccccc1.Cc1cc(C(C)(C)C)c(O)c(C(C)(C)C)c1. The Hall–Kier alpha value is -1.80. The van der Waals surface area contributed by atoms with Gasteiger partial charge in [0.2, 0.25) is 0 Å². The van der Waals surface area contributed by atoms with E-state index in [1.165, 1.54) is 5.56 Å². The van der Waals surface area contributed by atoms with Crippen LogP contribution in [-0.2, 0) is 10.8 Å². The molecule has 1 unspecified atom stereocenters. The van der Waals surface area contributed by atoms with Crippen LogP contribution in [0.25, 0.3) is 0 Å². The van der Waals surface area contributed by atoms with Crippen molar-refractivity contribution in [2.75, 3.05) is 0 Å². The molecule has 0 spiro atoms. The number of aliphatic hydroxyl groups excluding tert-OH is 1. The minimum Gasteiger partial charge on any atom is -0.507 e. The molecule has 156 valence electrons. The molecule has 0 aliphatic rings. The van der Waals surface area contributed by atoms with Crippen LogP contribution in [-0.4, -0.2) is 10.2 Å². The summed E-state index contributed by atoms with van der Waals surface area (Å²) < 4.78 is 0. The van der Waals surface area contributed by atoms with Gasteiger partial charge in [0.25, 0.3) is 0 Å². The molecule has 0 aromatic heterocycles. The van der Waals surface area contributed by atoms with Gasteiger partial charge in [-0.15, -0.1) is 0 Å². The highest BCUT2D eigenvalue weighted by Crippen LogP contribution is 2.39. The molecule has 0 fully saturated rings. The Bertz CT molecular complexity index is 683. The molecular formula is C26H40O2. The van der Waals surface area contributed by atoms with Crippen LogP contribution in [0.2, 0.25) is 0 Å². The van der Waals surface area contributed by atoms with Crippen LogP contribution in [0.15, 0.2) is 42.5 Å². The third kappa shape index (κ3) is 7.31. The second kappa shape index (κ2) is 10.1. The van der Waals surface area contributed by atoms with Gasteiger partial charge in [-0.05, 0) is 40.9 Å². The summed E-state index contributed by atoms with van der Waals surface area (Å²) >= 11 is 0. The van der Waals surface area contributed by atoms with Crippen molar-refractivity contribution >= 4 is 0 Å². The van der Waals surface area contributed by atoms with Crippen molar-refractivity contribution in [3.05, 3.63) is 64.7 Å². The molecule has 2 heteroatoms. The number of unbranched alkanes of at least 4 members (excludes halogenated alkanes) is 1. The van der Waals surface area contributed by atoms with E-state index in [2.05, 4.69) is 67.5 Å². The molecule has 0 heterocycles. The number of aryl methyl sites for hydroxylation is 1. The van der Waals surface area contributed by atoms with Gasteiger partial charge in [-0.25, -0.2) is 0 Å². The highest BCUT2D eigenvalue weighted by molar-refractivity contribution is 5.49. The average Bonchev–Trinajstić information content (AvgIpc) is 2.60. The second-order valence-corrected chi connectivity index (χ2v) is 9.78. The molecule has 1 atom stereocenters. The van der Waals surface area contributed by atoms with Crippen molar-refractivity contribution in [3.63, 3.8) is 0 Å². The first-order valence-corrected chi connectivity index (χ1v) is 10.5. The lowest BCUT2D eigenvalue weighted by Crippen LogP contribution is -2.17. The first-order valence-electron chi connectivity index (χ1n) is 10.5. The zero-order chi connectivity index (χ0) is 21.5. The van der Waals surface area contributed by atoms with Gasteiger partial charge in [0.1, 0.15) is 5.75 Å². The highest BCUT2D eigenvalue weighted by Gasteiger charge is 2.25. The summed E-state index contributed by atoms with van der Waals surface area (Å²) in [5.74, 6) is 0.464. The van der Waals surface area contributed by atoms with E-state index in [9.17, 15) is 10.2 Å². The lowest BCUT2D eigenvalue weighted by Gasteiger charge is -2.27. The minimum absolute atomic E-state index is 0.0178. The summed E-state index contributed by atoms with van der Waals surface area (Å²) in [6, 6.07) is 14.0. The molecule has 0 aliphatic carbocycles. The molecular weight excluding hydrogens is 344 g/mol. The van der Waals surface area contributed by atoms with E-state index >= 15 is 0 Å². The molecule has 0 aliphatic heterocycles. The number of phenolic OH excluding ortho intramolecular Hbond substituents is 1. The van der Waals surface area contributed by atoms with Gasteiger partial charge in [-0.2, -0.15) is 0 Å². The molecule has 0 amide bonds. The quantitative estimate of drug-likeness (QED) is 0.585. The minimum atomic E-state index is -0.272. The standard InChI is InChI=1S/C15H24O.C11H16O/c1-10-8-11(14(2,3)4)13(16)12(9-10)15(5,6)7;1-2-3-9-11(12)10-7-5-4-6-8-10/h8-9,16H,1-7H3;4-8,11-12H,2-3,9H2,1H3. The number of rotatable bonds is 4. The molecule has 0 radical (unpaired) electrons. The Kier molecular flexibility index (Phi) is 8.75. The average molecular weight is 385 g/mol. The van der Waals surface area contributed by atoms with E-state index in [0.717, 1.165) is 36.0 Å². The van der Waals surface area contributed by atoms with Crippen LogP contribution in [0.4, 0.5) is 0 Å². The third-order valence-electron chi connectivity index (χ3n) is 4.89.